The van der Waals surface area contributed by atoms with Crippen LogP contribution in [0, 0.1) is 0 Å². The van der Waals surface area contributed by atoms with Crippen molar-refractivity contribution < 1.29 is 5.11 Å². The standard InChI is InChI=1S/C8H12O.C2H6/c1-7-3-2-4-8(5-7)6-9;1-2/h4-5,9H,2-3,6H2,1H3;1-2H3. The van der Waals surface area contributed by atoms with Gasteiger partial charge in [0.25, 0.3) is 0 Å². The van der Waals surface area contributed by atoms with E-state index >= 15 is 0 Å². The second-order valence-corrected chi connectivity index (χ2v) is 2.47. The normalized spacial score (nSPS) is 16.0. The Bertz CT molecular complexity index is 154. The first-order valence-electron chi connectivity index (χ1n) is 4.30. The summed E-state index contributed by atoms with van der Waals surface area (Å²) in [6, 6.07) is 0. The van der Waals surface area contributed by atoms with E-state index in [0.717, 1.165) is 18.4 Å². The summed E-state index contributed by atoms with van der Waals surface area (Å²) in [5.74, 6) is 0. The molecule has 1 N–H and O–H groups in total. The predicted molar refractivity (Wildman–Crippen MR) is 49.5 cm³/mol. The lowest BCUT2D eigenvalue weighted by Crippen LogP contribution is -1.93. The van der Waals surface area contributed by atoms with E-state index in [-0.39, 0.29) is 6.61 Å². The minimum absolute atomic E-state index is 0.192. The molecule has 1 nitrogen and oxygen atoms in total. The third kappa shape index (κ3) is 3.99. The molecule has 0 aromatic carbocycles. The molecule has 11 heavy (non-hydrogen) atoms. The maximum Gasteiger partial charge on any atom is 0.0678 e. The van der Waals surface area contributed by atoms with Crippen LogP contribution in [-0.4, -0.2) is 11.7 Å². The van der Waals surface area contributed by atoms with E-state index in [1.807, 2.05) is 13.8 Å². The highest BCUT2D eigenvalue weighted by Crippen LogP contribution is 2.15. The van der Waals surface area contributed by atoms with Gasteiger partial charge in [0.15, 0.2) is 0 Å². The molecule has 0 aromatic heterocycles. The van der Waals surface area contributed by atoms with Gasteiger partial charge in [-0.25, -0.2) is 0 Å². The van der Waals surface area contributed by atoms with Crippen molar-refractivity contribution in [3.8, 4) is 0 Å². The highest BCUT2D eigenvalue weighted by molar-refractivity contribution is 5.26. The molecule has 0 atom stereocenters. The van der Waals surface area contributed by atoms with Crippen LogP contribution in [-0.2, 0) is 0 Å². The number of hydrogen-bond acceptors (Lipinski definition) is 1. The monoisotopic (exact) mass is 154 g/mol. The molecule has 1 aliphatic rings. The highest BCUT2D eigenvalue weighted by Gasteiger charge is 1.98. The van der Waals surface area contributed by atoms with Crippen LogP contribution in [0.5, 0.6) is 0 Å². The summed E-state index contributed by atoms with van der Waals surface area (Å²) in [6.07, 6.45) is 6.40. The number of hydrogen-bond donors (Lipinski definition) is 1. The Hall–Kier alpha value is -0.560. The number of rotatable bonds is 1. The second kappa shape index (κ2) is 6.17. The molecule has 0 radical (unpaired) electrons. The van der Waals surface area contributed by atoms with Gasteiger partial charge in [0.05, 0.1) is 6.61 Å². The number of aliphatic hydroxyl groups excluding tert-OH is 1. The summed E-state index contributed by atoms with van der Waals surface area (Å²) in [6.45, 7) is 6.29. The molecule has 0 fully saturated rings. The molecule has 1 rings (SSSR count). The summed E-state index contributed by atoms with van der Waals surface area (Å²) in [5, 5.41) is 8.70. The molecule has 0 saturated heterocycles. The van der Waals surface area contributed by atoms with Gasteiger partial charge in [-0.1, -0.05) is 31.6 Å². The SMILES string of the molecule is CC.CC1=CC(CO)=CCC1. The molecule has 0 unspecified atom stereocenters. The van der Waals surface area contributed by atoms with Gasteiger partial charge in [0, 0.05) is 0 Å². The van der Waals surface area contributed by atoms with Gasteiger partial charge in [0.2, 0.25) is 0 Å². The highest BCUT2D eigenvalue weighted by atomic mass is 16.3. The third-order valence-electron chi connectivity index (χ3n) is 1.56. The van der Waals surface area contributed by atoms with Crippen LogP contribution >= 0.6 is 0 Å². The zero-order valence-corrected chi connectivity index (χ0v) is 7.72. The lowest BCUT2D eigenvalue weighted by molar-refractivity contribution is 0.334. The van der Waals surface area contributed by atoms with E-state index in [9.17, 15) is 0 Å². The average molecular weight is 154 g/mol. The fourth-order valence-corrected chi connectivity index (χ4v) is 1.04. The van der Waals surface area contributed by atoms with Crippen molar-refractivity contribution in [1.82, 2.24) is 0 Å². The Morgan fingerprint density at radius 2 is 2.09 bits per heavy atom. The van der Waals surface area contributed by atoms with Gasteiger partial charge in [-0.05, 0) is 25.3 Å². The summed E-state index contributed by atoms with van der Waals surface area (Å²) < 4.78 is 0. The maximum atomic E-state index is 8.70. The average Bonchev–Trinajstić information content (AvgIpc) is 2.08. The van der Waals surface area contributed by atoms with Crippen LogP contribution in [0.1, 0.15) is 33.6 Å². The Labute approximate surface area is 69.4 Å². The van der Waals surface area contributed by atoms with E-state index in [1.54, 1.807) is 0 Å². The fraction of sp³-hybridized carbons (Fsp3) is 0.600. The minimum Gasteiger partial charge on any atom is -0.392 e. The van der Waals surface area contributed by atoms with Crippen LogP contribution in [0.4, 0.5) is 0 Å². The van der Waals surface area contributed by atoms with Gasteiger partial charge in [-0.2, -0.15) is 0 Å². The molecule has 1 aliphatic carbocycles. The summed E-state index contributed by atoms with van der Waals surface area (Å²) in [7, 11) is 0. The van der Waals surface area contributed by atoms with Crippen molar-refractivity contribution in [1.29, 1.82) is 0 Å². The van der Waals surface area contributed by atoms with E-state index in [0.29, 0.717) is 0 Å². The topological polar surface area (TPSA) is 20.2 Å². The van der Waals surface area contributed by atoms with Crippen molar-refractivity contribution >= 4 is 0 Å². The summed E-state index contributed by atoms with van der Waals surface area (Å²) in [5.41, 5.74) is 2.44. The quantitative estimate of drug-likeness (QED) is 0.615. The van der Waals surface area contributed by atoms with Crippen molar-refractivity contribution in [3.63, 3.8) is 0 Å². The first kappa shape index (κ1) is 10.4. The first-order valence-corrected chi connectivity index (χ1v) is 4.30. The van der Waals surface area contributed by atoms with E-state index in [2.05, 4.69) is 19.1 Å². The number of allylic oxidation sites excluding steroid dienone is 2. The van der Waals surface area contributed by atoms with Gasteiger partial charge >= 0.3 is 0 Å². The van der Waals surface area contributed by atoms with Gasteiger partial charge < -0.3 is 5.11 Å². The smallest absolute Gasteiger partial charge is 0.0678 e. The van der Waals surface area contributed by atoms with E-state index in [4.69, 9.17) is 5.11 Å². The van der Waals surface area contributed by atoms with Crippen LogP contribution < -0.4 is 0 Å². The van der Waals surface area contributed by atoms with Crippen molar-refractivity contribution in [2.24, 2.45) is 0 Å². The van der Waals surface area contributed by atoms with Crippen LogP contribution in [0.3, 0.4) is 0 Å². The zero-order valence-electron chi connectivity index (χ0n) is 7.72. The molecule has 64 valence electrons. The first-order chi connectivity index (χ1) is 5.33. The van der Waals surface area contributed by atoms with Gasteiger partial charge in [-0.15, -0.1) is 0 Å². The molecule has 0 saturated carbocycles. The Balaban J connectivity index is 0.000000461. The molecule has 0 aliphatic heterocycles. The van der Waals surface area contributed by atoms with Crippen LogP contribution in [0.25, 0.3) is 0 Å². The van der Waals surface area contributed by atoms with E-state index < -0.39 is 0 Å². The number of aliphatic hydroxyl groups is 1. The molecular weight excluding hydrogens is 136 g/mol. The minimum atomic E-state index is 0.192. The largest absolute Gasteiger partial charge is 0.392 e. The molecule has 0 bridgehead atoms. The van der Waals surface area contributed by atoms with Crippen molar-refractivity contribution in [3.05, 3.63) is 23.3 Å². The van der Waals surface area contributed by atoms with Crippen LogP contribution in [0.2, 0.25) is 0 Å². The molecule has 0 heterocycles. The molecule has 0 spiro atoms. The fourth-order valence-electron chi connectivity index (χ4n) is 1.04. The maximum absolute atomic E-state index is 8.70. The van der Waals surface area contributed by atoms with Crippen LogP contribution in [0.15, 0.2) is 23.3 Å². The Morgan fingerprint density at radius 1 is 1.45 bits per heavy atom. The lowest BCUT2D eigenvalue weighted by atomic mass is 10.0. The van der Waals surface area contributed by atoms with Gasteiger partial charge in [-0.3, -0.25) is 0 Å². The molecule has 0 amide bonds. The third-order valence-corrected chi connectivity index (χ3v) is 1.56. The summed E-state index contributed by atoms with van der Waals surface area (Å²) in [4.78, 5) is 0. The summed E-state index contributed by atoms with van der Waals surface area (Å²) >= 11 is 0. The second-order valence-electron chi connectivity index (χ2n) is 2.47. The zero-order chi connectivity index (χ0) is 8.69. The van der Waals surface area contributed by atoms with Crippen molar-refractivity contribution in [2.45, 2.75) is 33.6 Å². The van der Waals surface area contributed by atoms with E-state index in [1.165, 1.54) is 5.57 Å². The predicted octanol–water partition coefficient (Wildman–Crippen LogP) is 2.67. The molecule has 0 aromatic rings. The van der Waals surface area contributed by atoms with Crippen molar-refractivity contribution in [2.75, 3.05) is 6.61 Å². The molecular formula is C10H18O. The Kier molecular flexibility index (Phi) is 5.86. The lowest BCUT2D eigenvalue weighted by Gasteiger charge is -2.06. The molecule has 1 heteroatoms. The van der Waals surface area contributed by atoms with Gasteiger partial charge in [0.1, 0.15) is 0 Å². The Morgan fingerprint density at radius 3 is 2.45 bits per heavy atom.